The van der Waals surface area contributed by atoms with Crippen LogP contribution in [0, 0.1) is 5.92 Å². The topological polar surface area (TPSA) is 108 Å². The lowest BCUT2D eigenvalue weighted by Crippen LogP contribution is -2.54. The minimum Gasteiger partial charge on any atom is -0.394 e. The molecule has 0 fully saturated rings. The van der Waals surface area contributed by atoms with Crippen molar-refractivity contribution in [3.63, 3.8) is 0 Å². The van der Waals surface area contributed by atoms with Crippen molar-refractivity contribution in [2.75, 3.05) is 19.7 Å². The second-order valence-electron chi connectivity index (χ2n) is 6.89. The highest BCUT2D eigenvalue weighted by Crippen LogP contribution is 2.16. The SMILES string of the molecule is CCC(CC)[C@@H](CN)N[C@H](Cc1cccc(Cl)c1)C(=O)NCC[C@H](O)CO. The first-order chi connectivity index (χ1) is 12.9. The molecule has 0 saturated heterocycles. The number of carbonyl (C=O) groups is 1. The predicted molar refractivity (Wildman–Crippen MR) is 110 cm³/mol. The Morgan fingerprint density at radius 3 is 2.56 bits per heavy atom. The van der Waals surface area contributed by atoms with Gasteiger partial charge in [-0.3, -0.25) is 4.79 Å². The van der Waals surface area contributed by atoms with Crippen LogP contribution in [0.2, 0.25) is 5.02 Å². The molecule has 0 bridgehead atoms. The molecule has 0 unspecified atom stereocenters. The minimum atomic E-state index is -0.828. The van der Waals surface area contributed by atoms with Crippen LogP contribution in [0.5, 0.6) is 0 Å². The molecule has 1 aromatic rings. The molecule has 0 spiro atoms. The van der Waals surface area contributed by atoms with Crippen LogP contribution < -0.4 is 16.4 Å². The van der Waals surface area contributed by atoms with Gasteiger partial charge in [0.15, 0.2) is 0 Å². The number of halogens is 1. The fourth-order valence-corrected chi connectivity index (χ4v) is 3.43. The first kappa shape index (κ1) is 23.9. The van der Waals surface area contributed by atoms with E-state index >= 15 is 0 Å². The first-order valence-corrected chi connectivity index (χ1v) is 10.1. The van der Waals surface area contributed by atoms with Crippen molar-refractivity contribution in [3.8, 4) is 0 Å². The number of hydrogen-bond donors (Lipinski definition) is 5. The zero-order valence-corrected chi connectivity index (χ0v) is 17.1. The maximum Gasteiger partial charge on any atom is 0.237 e. The van der Waals surface area contributed by atoms with E-state index in [-0.39, 0.29) is 18.6 Å². The van der Waals surface area contributed by atoms with Gasteiger partial charge >= 0.3 is 0 Å². The maximum absolute atomic E-state index is 12.8. The van der Waals surface area contributed by atoms with E-state index in [4.69, 9.17) is 22.4 Å². The molecule has 154 valence electrons. The normalized spacial score (nSPS) is 14.8. The lowest BCUT2D eigenvalue weighted by molar-refractivity contribution is -0.123. The number of nitrogens with one attached hydrogen (secondary N) is 2. The van der Waals surface area contributed by atoms with Gasteiger partial charge in [0.1, 0.15) is 0 Å². The third-order valence-corrected chi connectivity index (χ3v) is 5.15. The molecule has 27 heavy (non-hydrogen) atoms. The minimum absolute atomic E-state index is 0.0398. The summed E-state index contributed by atoms with van der Waals surface area (Å²) in [4.78, 5) is 12.8. The van der Waals surface area contributed by atoms with Crippen LogP contribution in [0.3, 0.4) is 0 Å². The summed E-state index contributed by atoms with van der Waals surface area (Å²) in [5.74, 6) is 0.241. The van der Waals surface area contributed by atoms with E-state index in [0.29, 0.717) is 36.9 Å². The third kappa shape index (κ3) is 8.58. The van der Waals surface area contributed by atoms with Gasteiger partial charge < -0.3 is 26.6 Å². The fraction of sp³-hybridized carbons (Fsp3) is 0.650. The fourth-order valence-electron chi connectivity index (χ4n) is 3.22. The van der Waals surface area contributed by atoms with E-state index in [1.165, 1.54) is 0 Å². The number of carbonyl (C=O) groups excluding carboxylic acids is 1. The second kappa shape index (κ2) is 13.1. The summed E-state index contributed by atoms with van der Waals surface area (Å²) >= 11 is 6.08. The highest BCUT2D eigenvalue weighted by Gasteiger charge is 2.25. The summed E-state index contributed by atoms with van der Waals surface area (Å²) in [6, 6.07) is 7.05. The number of benzene rings is 1. The number of amides is 1. The van der Waals surface area contributed by atoms with Gasteiger partial charge in [0.05, 0.1) is 18.8 Å². The molecule has 1 aromatic carbocycles. The van der Waals surface area contributed by atoms with Crippen molar-refractivity contribution in [1.29, 1.82) is 0 Å². The van der Waals surface area contributed by atoms with E-state index in [1.807, 2.05) is 18.2 Å². The van der Waals surface area contributed by atoms with Gasteiger partial charge in [-0.25, -0.2) is 0 Å². The van der Waals surface area contributed by atoms with E-state index in [1.54, 1.807) is 6.07 Å². The Morgan fingerprint density at radius 1 is 1.30 bits per heavy atom. The summed E-state index contributed by atoms with van der Waals surface area (Å²) in [5, 5.41) is 25.2. The number of nitrogens with two attached hydrogens (primary N) is 1. The molecule has 6 nitrogen and oxygen atoms in total. The zero-order chi connectivity index (χ0) is 20.2. The van der Waals surface area contributed by atoms with Gasteiger partial charge in [0.25, 0.3) is 0 Å². The van der Waals surface area contributed by atoms with E-state index < -0.39 is 12.1 Å². The molecule has 0 aliphatic carbocycles. The van der Waals surface area contributed by atoms with Gasteiger partial charge in [0.2, 0.25) is 5.91 Å². The predicted octanol–water partition coefficient (Wildman–Crippen LogP) is 1.46. The molecule has 0 heterocycles. The zero-order valence-electron chi connectivity index (χ0n) is 16.3. The molecule has 0 radical (unpaired) electrons. The lowest BCUT2D eigenvalue weighted by Gasteiger charge is -2.30. The summed E-state index contributed by atoms with van der Waals surface area (Å²) in [7, 11) is 0. The average molecular weight is 400 g/mol. The van der Waals surface area contributed by atoms with Gasteiger partial charge in [-0.2, -0.15) is 0 Å². The highest BCUT2D eigenvalue weighted by molar-refractivity contribution is 6.30. The van der Waals surface area contributed by atoms with Gasteiger partial charge in [-0.05, 0) is 36.5 Å². The number of aliphatic hydroxyl groups excluding tert-OH is 2. The Balaban J connectivity index is 2.85. The molecular formula is C20H34ClN3O3. The van der Waals surface area contributed by atoms with Gasteiger partial charge in [-0.15, -0.1) is 0 Å². The van der Waals surface area contributed by atoms with Crippen LogP contribution in [0.15, 0.2) is 24.3 Å². The molecule has 7 heteroatoms. The van der Waals surface area contributed by atoms with Gasteiger partial charge in [0, 0.05) is 24.2 Å². The lowest BCUT2D eigenvalue weighted by atomic mass is 9.92. The van der Waals surface area contributed by atoms with Crippen LogP contribution in [0.4, 0.5) is 0 Å². The number of rotatable bonds is 13. The summed E-state index contributed by atoms with van der Waals surface area (Å²) in [5.41, 5.74) is 6.94. The molecule has 3 atom stereocenters. The third-order valence-electron chi connectivity index (χ3n) is 4.92. The Labute approximate surface area is 167 Å². The molecule has 0 aliphatic heterocycles. The van der Waals surface area contributed by atoms with Crippen LogP contribution in [-0.2, 0) is 11.2 Å². The Kier molecular flexibility index (Phi) is 11.6. The van der Waals surface area contributed by atoms with Gasteiger partial charge in [-0.1, -0.05) is 50.4 Å². The molecular weight excluding hydrogens is 366 g/mol. The quantitative estimate of drug-likeness (QED) is 0.345. The molecule has 0 saturated carbocycles. The van der Waals surface area contributed by atoms with Crippen molar-refractivity contribution in [2.24, 2.45) is 11.7 Å². The molecule has 0 aliphatic rings. The molecule has 6 N–H and O–H groups in total. The van der Waals surface area contributed by atoms with Crippen LogP contribution in [-0.4, -0.2) is 54.0 Å². The van der Waals surface area contributed by atoms with Crippen LogP contribution in [0.25, 0.3) is 0 Å². The van der Waals surface area contributed by atoms with E-state index in [9.17, 15) is 9.90 Å². The molecule has 1 amide bonds. The maximum atomic E-state index is 12.8. The van der Waals surface area contributed by atoms with E-state index in [2.05, 4.69) is 24.5 Å². The Bertz CT molecular complexity index is 555. The van der Waals surface area contributed by atoms with Crippen molar-refractivity contribution in [2.45, 2.75) is 57.7 Å². The average Bonchev–Trinajstić information content (AvgIpc) is 2.66. The monoisotopic (exact) mass is 399 g/mol. The number of aliphatic hydroxyl groups is 2. The molecule has 0 aromatic heterocycles. The van der Waals surface area contributed by atoms with Crippen LogP contribution in [0.1, 0.15) is 38.7 Å². The largest absolute Gasteiger partial charge is 0.394 e. The Morgan fingerprint density at radius 2 is 2.00 bits per heavy atom. The van der Waals surface area contributed by atoms with Crippen molar-refractivity contribution >= 4 is 17.5 Å². The molecule has 1 rings (SSSR count). The first-order valence-electron chi connectivity index (χ1n) is 9.72. The number of hydrogen-bond acceptors (Lipinski definition) is 5. The summed E-state index contributed by atoms with van der Waals surface area (Å²) < 4.78 is 0. The summed E-state index contributed by atoms with van der Waals surface area (Å²) in [6.45, 7) is 4.69. The van der Waals surface area contributed by atoms with Crippen molar-refractivity contribution in [1.82, 2.24) is 10.6 Å². The van der Waals surface area contributed by atoms with E-state index in [0.717, 1.165) is 18.4 Å². The Hall–Kier alpha value is -1.18. The summed E-state index contributed by atoms with van der Waals surface area (Å²) in [6.07, 6.45) is 1.94. The highest BCUT2D eigenvalue weighted by atomic mass is 35.5. The van der Waals surface area contributed by atoms with Crippen LogP contribution >= 0.6 is 11.6 Å². The second-order valence-corrected chi connectivity index (χ2v) is 7.32. The standard InChI is InChI=1S/C20H34ClN3O3/c1-3-15(4-2)19(12-22)24-18(11-14-6-5-7-16(21)10-14)20(27)23-9-8-17(26)13-25/h5-7,10,15,17-19,24-26H,3-4,8-9,11-13,22H2,1-2H3,(H,23,27)/t17-,18+,19+/m0/s1. The van der Waals surface area contributed by atoms with Crippen molar-refractivity contribution < 1.29 is 15.0 Å². The smallest absolute Gasteiger partial charge is 0.237 e. The van der Waals surface area contributed by atoms with Crippen molar-refractivity contribution in [3.05, 3.63) is 34.9 Å².